The molecule has 2 aromatic carbocycles. The lowest BCUT2D eigenvalue weighted by molar-refractivity contribution is -0.142. The van der Waals surface area contributed by atoms with Gasteiger partial charge in [0.2, 0.25) is 5.91 Å². The highest BCUT2D eigenvalue weighted by Gasteiger charge is 2.26. The topological polar surface area (TPSA) is 58.6 Å². The number of nitrogens with one attached hydrogen (secondary N) is 1. The highest BCUT2D eigenvalue weighted by molar-refractivity contribution is 5.87. The predicted molar refractivity (Wildman–Crippen MR) is 111 cm³/mol. The van der Waals surface area contributed by atoms with Gasteiger partial charge in [0.15, 0.2) is 6.61 Å². The number of nitrogens with zero attached hydrogens (tertiary/aromatic N) is 1. The molecule has 0 spiro atoms. The van der Waals surface area contributed by atoms with E-state index in [4.69, 9.17) is 4.74 Å². The SMILES string of the molecule is CCCNC(=O)[C@H](C)N(Cc1ccc(C)cc1)C(=O)COc1cccc(C)c1. The van der Waals surface area contributed by atoms with Crippen LogP contribution in [0.1, 0.15) is 37.0 Å². The molecule has 0 aliphatic heterocycles. The molecule has 0 heterocycles. The molecule has 0 saturated heterocycles. The minimum absolute atomic E-state index is 0.110. The van der Waals surface area contributed by atoms with Crippen LogP contribution in [0.4, 0.5) is 0 Å². The van der Waals surface area contributed by atoms with Crippen molar-refractivity contribution in [2.75, 3.05) is 13.2 Å². The second kappa shape index (κ2) is 10.5. The summed E-state index contributed by atoms with van der Waals surface area (Å²) in [6, 6.07) is 14.9. The smallest absolute Gasteiger partial charge is 0.261 e. The normalized spacial score (nSPS) is 11.6. The van der Waals surface area contributed by atoms with E-state index in [1.165, 1.54) is 0 Å². The van der Waals surface area contributed by atoms with Crippen molar-refractivity contribution < 1.29 is 14.3 Å². The van der Waals surface area contributed by atoms with Gasteiger partial charge in [0.25, 0.3) is 5.91 Å². The number of rotatable bonds is 9. The molecule has 0 unspecified atom stereocenters. The lowest BCUT2D eigenvalue weighted by Crippen LogP contribution is -2.49. The number of carbonyl (C=O) groups excluding carboxylic acids is 2. The molecule has 0 saturated carbocycles. The Kier molecular flexibility index (Phi) is 8.05. The van der Waals surface area contributed by atoms with Gasteiger partial charge < -0.3 is 15.0 Å². The van der Waals surface area contributed by atoms with E-state index >= 15 is 0 Å². The summed E-state index contributed by atoms with van der Waals surface area (Å²) < 4.78 is 5.67. The van der Waals surface area contributed by atoms with E-state index in [2.05, 4.69) is 5.32 Å². The second-order valence-corrected chi connectivity index (χ2v) is 7.08. The molecule has 1 N–H and O–H groups in total. The van der Waals surface area contributed by atoms with Crippen LogP contribution in [-0.4, -0.2) is 35.9 Å². The van der Waals surface area contributed by atoms with Gasteiger partial charge in [0.1, 0.15) is 11.8 Å². The number of benzene rings is 2. The number of hydrogen-bond donors (Lipinski definition) is 1. The highest BCUT2D eigenvalue weighted by Crippen LogP contribution is 2.14. The Bertz CT molecular complexity index is 787. The summed E-state index contributed by atoms with van der Waals surface area (Å²) in [7, 11) is 0. The van der Waals surface area contributed by atoms with Gasteiger partial charge in [-0.25, -0.2) is 0 Å². The zero-order valence-corrected chi connectivity index (χ0v) is 17.2. The maximum Gasteiger partial charge on any atom is 0.261 e. The van der Waals surface area contributed by atoms with E-state index in [0.29, 0.717) is 18.8 Å². The van der Waals surface area contributed by atoms with Crippen LogP contribution in [0, 0.1) is 13.8 Å². The van der Waals surface area contributed by atoms with E-state index in [9.17, 15) is 9.59 Å². The lowest BCUT2D eigenvalue weighted by atomic mass is 10.1. The third kappa shape index (κ3) is 6.41. The maximum absolute atomic E-state index is 12.9. The van der Waals surface area contributed by atoms with Gasteiger partial charge in [-0.05, 0) is 50.5 Å². The molecule has 150 valence electrons. The summed E-state index contributed by atoms with van der Waals surface area (Å²) in [6.07, 6.45) is 0.848. The van der Waals surface area contributed by atoms with Crippen molar-refractivity contribution in [1.82, 2.24) is 10.2 Å². The van der Waals surface area contributed by atoms with Crippen molar-refractivity contribution in [2.24, 2.45) is 0 Å². The third-order valence-electron chi connectivity index (χ3n) is 4.54. The van der Waals surface area contributed by atoms with Crippen LogP contribution in [0.5, 0.6) is 5.75 Å². The summed E-state index contributed by atoms with van der Waals surface area (Å²) >= 11 is 0. The molecule has 2 rings (SSSR count). The number of ether oxygens (including phenoxy) is 1. The van der Waals surface area contributed by atoms with E-state index in [-0.39, 0.29) is 18.4 Å². The minimum Gasteiger partial charge on any atom is -0.484 e. The third-order valence-corrected chi connectivity index (χ3v) is 4.54. The molecule has 0 aromatic heterocycles. The molecule has 0 aliphatic carbocycles. The van der Waals surface area contributed by atoms with Gasteiger partial charge in [-0.3, -0.25) is 9.59 Å². The lowest BCUT2D eigenvalue weighted by Gasteiger charge is -2.28. The summed E-state index contributed by atoms with van der Waals surface area (Å²) in [5.41, 5.74) is 3.19. The monoisotopic (exact) mass is 382 g/mol. The minimum atomic E-state index is -0.582. The Morgan fingerprint density at radius 1 is 1.07 bits per heavy atom. The molecule has 0 fully saturated rings. The van der Waals surface area contributed by atoms with Crippen molar-refractivity contribution >= 4 is 11.8 Å². The van der Waals surface area contributed by atoms with Crippen molar-refractivity contribution in [2.45, 2.75) is 46.7 Å². The fourth-order valence-corrected chi connectivity index (χ4v) is 2.80. The van der Waals surface area contributed by atoms with Crippen LogP contribution >= 0.6 is 0 Å². The molecule has 1 atom stereocenters. The van der Waals surface area contributed by atoms with Gasteiger partial charge in [-0.2, -0.15) is 0 Å². The molecule has 5 nitrogen and oxygen atoms in total. The maximum atomic E-state index is 12.9. The first-order valence-electron chi connectivity index (χ1n) is 9.73. The van der Waals surface area contributed by atoms with Crippen LogP contribution in [0.15, 0.2) is 48.5 Å². The van der Waals surface area contributed by atoms with E-state index in [1.807, 2.05) is 69.3 Å². The first-order chi connectivity index (χ1) is 13.4. The van der Waals surface area contributed by atoms with Crippen LogP contribution in [0.3, 0.4) is 0 Å². The molecule has 28 heavy (non-hydrogen) atoms. The van der Waals surface area contributed by atoms with E-state index < -0.39 is 6.04 Å². The molecule has 2 aromatic rings. The summed E-state index contributed by atoms with van der Waals surface area (Å²) in [6.45, 7) is 8.58. The number of aryl methyl sites for hydroxylation is 2. The zero-order valence-electron chi connectivity index (χ0n) is 17.2. The largest absolute Gasteiger partial charge is 0.484 e. The molecule has 5 heteroatoms. The standard InChI is InChI=1S/C23H30N2O3/c1-5-13-24-23(27)19(4)25(15-20-11-9-17(2)10-12-20)22(26)16-28-21-8-6-7-18(3)14-21/h6-12,14,19H,5,13,15-16H2,1-4H3,(H,24,27)/t19-/m0/s1. The quantitative estimate of drug-likeness (QED) is 0.721. The summed E-state index contributed by atoms with van der Waals surface area (Å²) in [5, 5.41) is 2.87. The van der Waals surface area contributed by atoms with Gasteiger partial charge >= 0.3 is 0 Å². The summed E-state index contributed by atoms with van der Waals surface area (Å²) in [4.78, 5) is 27.0. The Labute approximate surface area is 167 Å². The van der Waals surface area contributed by atoms with Crippen molar-refractivity contribution in [1.29, 1.82) is 0 Å². The van der Waals surface area contributed by atoms with Crippen molar-refractivity contribution in [3.63, 3.8) is 0 Å². The van der Waals surface area contributed by atoms with Crippen LogP contribution in [0.2, 0.25) is 0 Å². The van der Waals surface area contributed by atoms with Crippen LogP contribution in [0.25, 0.3) is 0 Å². The first-order valence-corrected chi connectivity index (χ1v) is 9.73. The Balaban J connectivity index is 2.11. The number of amides is 2. The Morgan fingerprint density at radius 2 is 1.79 bits per heavy atom. The molecular weight excluding hydrogens is 352 g/mol. The van der Waals surface area contributed by atoms with E-state index in [1.54, 1.807) is 11.8 Å². The van der Waals surface area contributed by atoms with Gasteiger partial charge in [-0.1, -0.05) is 48.9 Å². The van der Waals surface area contributed by atoms with Crippen molar-refractivity contribution in [3.8, 4) is 5.75 Å². The fourth-order valence-electron chi connectivity index (χ4n) is 2.80. The average molecular weight is 383 g/mol. The molecule has 0 radical (unpaired) electrons. The van der Waals surface area contributed by atoms with E-state index in [0.717, 1.165) is 23.1 Å². The van der Waals surface area contributed by atoms with Gasteiger partial charge in [0.05, 0.1) is 0 Å². The fraction of sp³-hybridized carbons (Fsp3) is 0.391. The first kappa shape index (κ1) is 21.5. The van der Waals surface area contributed by atoms with Gasteiger partial charge in [0, 0.05) is 13.1 Å². The number of hydrogen-bond acceptors (Lipinski definition) is 3. The Morgan fingerprint density at radius 3 is 2.43 bits per heavy atom. The van der Waals surface area contributed by atoms with Crippen molar-refractivity contribution in [3.05, 3.63) is 65.2 Å². The highest BCUT2D eigenvalue weighted by atomic mass is 16.5. The molecule has 2 amide bonds. The predicted octanol–water partition coefficient (Wildman–Crippen LogP) is 3.63. The van der Waals surface area contributed by atoms with Crippen LogP contribution in [-0.2, 0) is 16.1 Å². The van der Waals surface area contributed by atoms with Gasteiger partial charge in [-0.15, -0.1) is 0 Å². The summed E-state index contributed by atoms with van der Waals surface area (Å²) in [5.74, 6) is 0.269. The molecule has 0 bridgehead atoms. The second-order valence-electron chi connectivity index (χ2n) is 7.08. The Hall–Kier alpha value is -2.82. The average Bonchev–Trinajstić information content (AvgIpc) is 2.69. The number of carbonyl (C=O) groups is 2. The van der Waals surface area contributed by atoms with Crippen LogP contribution < -0.4 is 10.1 Å². The molecular formula is C23H30N2O3. The molecule has 0 aliphatic rings. The zero-order chi connectivity index (χ0) is 20.5.